The topological polar surface area (TPSA) is 58.6 Å². The van der Waals surface area contributed by atoms with Crippen LogP contribution in [0.3, 0.4) is 0 Å². The van der Waals surface area contributed by atoms with Gasteiger partial charge in [0.2, 0.25) is 5.91 Å². The largest absolute Gasteiger partial charge is 0.464 e. The number of rotatable bonds is 6. The standard InChI is InChI=1S/C18H26N2O3/c1-3-23-18(22)17(19-14(2)21)13-15-7-9-16(10-8-15)20-11-5-4-6-12-20/h7-10,17H,3-6,11-13H2,1-2H3,(H,19,21)/t17-/m0/s1. The number of anilines is 1. The van der Waals surface area contributed by atoms with Crippen LogP contribution >= 0.6 is 0 Å². The van der Waals surface area contributed by atoms with Crippen LogP contribution in [-0.2, 0) is 20.7 Å². The molecule has 1 fully saturated rings. The Kier molecular flexibility index (Phi) is 6.44. The van der Waals surface area contributed by atoms with Gasteiger partial charge in [0.15, 0.2) is 0 Å². The van der Waals surface area contributed by atoms with Gasteiger partial charge in [-0.2, -0.15) is 0 Å². The summed E-state index contributed by atoms with van der Waals surface area (Å²) in [6.45, 7) is 5.69. The summed E-state index contributed by atoms with van der Waals surface area (Å²) in [7, 11) is 0. The van der Waals surface area contributed by atoms with Gasteiger partial charge in [0.25, 0.3) is 0 Å². The third-order valence-electron chi connectivity index (χ3n) is 4.05. The molecule has 1 amide bonds. The fraction of sp³-hybridized carbons (Fsp3) is 0.556. The maximum absolute atomic E-state index is 12.0. The Hall–Kier alpha value is -2.04. The van der Waals surface area contributed by atoms with E-state index < -0.39 is 6.04 Å². The lowest BCUT2D eigenvalue weighted by atomic mass is 10.0. The lowest BCUT2D eigenvalue weighted by Gasteiger charge is -2.29. The van der Waals surface area contributed by atoms with Gasteiger partial charge >= 0.3 is 5.97 Å². The molecule has 1 aliphatic heterocycles. The molecule has 0 aliphatic carbocycles. The van der Waals surface area contributed by atoms with Gasteiger partial charge in [0, 0.05) is 32.1 Å². The van der Waals surface area contributed by atoms with Gasteiger partial charge in [-0.25, -0.2) is 4.79 Å². The first-order chi connectivity index (χ1) is 11.1. The number of carbonyl (C=O) groups is 2. The highest BCUT2D eigenvalue weighted by Crippen LogP contribution is 2.20. The van der Waals surface area contributed by atoms with E-state index in [1.165, 1.54) is 31.9 Å². The fourth-order valence-electron chi connectivity index (χ4n) is 2.91. The molecule has 0 unspecified atom stereocenters. The molecule has 1 atom stereocenters. The monoisotopic (exact) mass is 318 g/mol. The van der Waals surface area contributed by atoms with E-state index in [-0.39, 0.29) is 11.9 Å². The molecule has 1 saturated heterocycles. The molecule has 2 rings (SSSR count). The summed E-state index contributed by atoms with van der Waals surface area (Å²) in [5.41, 5.74) is 2.23. The third-order valence-corrected chi connectivity index (χ3v) is 4.05. The lowest BCUT2D eigenvalue weighted by molar-refractivity contribution is -0.147. The number of nitrogens with zero attached hydrogens (tertiary/aromatic N) is 1. The quantitative estimate of drug-likeness (QED) is 0.818. The molecular weight excluding hydrogens is 292 g/mol. The van der Waals surface area contributed by atoms with Crippen LogP contribution in [0.25, 0.3) is 0 Å². The van der Waals surface area contributed by atoms with Crippen molar-refractivity contribution in [2.75, 3.05) is 24.6 Å². The normalized spacial score (nSPS) is 15.8. The number of hydrogen-bond donors (Lipinski definition) is 1. The van der Waals surface area contributed by atoms with Crippen molar-refractivity contribution in [3.63, 3.8) is 0 Å². The van der Waals surface area contributed by atoms with Crippen molar-refractivity contribution in [3.8, 4) is 0 Å². The summed E-state index contributed by atoms with van der Waals surface area (Å²) < 4.78 is 5.03. The number of benzene rings is 1. The van der Waals surface area contributed by atoms with Crippen LogP contribution in [0.2, 0.25) is 0 Å². The van der Waals surface area contributed by atoms with Crippen molar-refractivity contribution in [2.24, 2.45) is 0 Å². The average molecular weight is 318 g/mol. The van der Waals surface area contributed by atoms with Crippen molar-refractivity contribution in [3.05, 3.63) is 29.8 Å². The molecule has 0 spiro atoms. The van der Waals surface area contributed by atoms with Gasteiger partial charge in [-0.05, 0) is 43.9 Å². The SMILES string of the molecule is CCOC(=O)[C@H](Cc1ccc(N2CCCCC2)cc1)NC(C)=O. The predicted molar refractivity (Wildman–Crippen MR) is 90.4 cm³/mol. The second kappa shape index (κ2) is 8.56. The Bertz CT molecular complexity index is 522. The summed E-state index contributed by atoms with van der Waals surface area (Å²) in [5, 5.41) is 2.67. The highest BCUT2D eigenvalue weighted by molar-refractivity contribution is 5.83. The Morgan fingerprint density at radius 3 is 2.39 bits per heavy atom. The fourth-order valence-corrected chi connectivity index (χ4v) is 2.91. The van der Waals surface area contributed by atoms with Crippen LogP contribution < -0.4 is 10.2 Å². The minimum atomic E-state index is -0.631. The molecular formula is C18H26N2O3. The second-order valence-electron chi connectivity index (χ2n) is 5.92. The van der Waals surface area contributed by atoms with Crippen molar-refractivity contribution < 1.29 is 14.3 Å². The molecule has 23 heavy (non-hydrogen) atoms. The van der Waals surface area contributed by atoms with Gasteiger partial charge in [0.05, 0.1) is 6.61 Å². The molecule has 0 radical (unpaired) electrons. The number of hydrogen-bond acceptors (Lipinski definition) is 4. The van der Waals surface area contributed by atoms with E-state index >= 15 is 0 Å². The van der Waals surface area contributed by atoms with E-state index in [0.717, 1.165) is 18.7 Å². The van der Waals surface area contributed by atoms with Crippen molar-refractivity contribution in [1.82, 2.24) is 5.32 Å². The zero-order valence-corrected chi connectivity index (χ0v) is 14.0. The van der Waals surface area contributed by atoms with Crippen molar-refractivity contribution in [1.29, 1.82) is 0 Å². The molecule has 1 aromatic carbocycles. The van der Waals surface area contributed by atoms with Crippen LogP contribution in [0.1, 0.15) is 38.7 Å². The number of amides is 1. The number of carbonyl (C=O) groups excluding carboxylic acids is 2. The Balaban J connectivity index is 2.01. The van der Waals surface area contributed by atoms with Crippen molar-refractivity contribution in [2.45, 2.75) is 45.6 Å². The zero-order chi connectivity index (χ0) is 16.7. The lowest BCUT2D eigenvalue weighted by Crippen LogP contribution is -2.42. The summed E-state index contributed by atoms with van der Waals surface area (Å²) in [6, 6.07) is 7.61. The van der Waals surface area contributed by atoms with Crippen LogP contribution in [0, 0.1) is 0 Å². The molecule has 0 bridgehead atoms. The Morgan fingerprint density at radius 1 is 1.17 bits per heavy atom. The van der Waals surface area contributed by atoms with E-state index in [1.54, 1.807) is 6.92 Å². The Labute approximate surface area is 138 Å². The van der Waals surface area contributed by atoms with Crippen LogP contribution in [0.5, 0.6) is 0 Å². The smallest absolute Gasteiger partial charge is 0.328 e. The number of esters is 1. The Morgan fingerprint density at radius 2 is 1.83 bits per heavy atom. The first kappa shape index (κ1) is 17.3. The molecule has 0 saturated carbocycles. The van der Waals surface area contributed by atoms with E-state index in [1.807, 2.05) is 12.1 Å². The minimum Gasteiger partial charge on any atom is -0.464 e. The minimum absolute atomic E-state index is 0.229. The van der Waals surface area contributed by atoms with Crippen LogP contribution in [0.4, 0.5) is 5.69 Å². The van der Waals surface area contributed by atoms with Crippen molar-refractivity contribution >= 4 is 17.6 Å². The zero-order valence-electron chi connectivity index (χ0n) is 14.0. The summed E-state index contributed by atoms with van der Waals surface area (Å²) in [4.78, 5) is 25.6. The maximum atomic E-state index is 12.0. The molecule has 5 heteroatoms. The number of ether oxygens (including phenoxy) is 1. The molecule has 1 aliphatic rings. The molecule has 5 nitrogen and oxygen atoms in total. The van der Waals surface area contributed by atoms with E-state index in [2.05, 4.69) is 22.3 Å². The van der Waals surface area contributed by atoms with Crippen LogP contribution in [0.15, 0.2) is 24.3 Å². The van der Waals surface area contributed by atoms with Crippen LogP contribution in [-0.4, -0.2) is 37.6 Å². The highest BCUT2D eigenvalue weighted by Gasteiger charge is 2.21. The van der Waals surface area contributed by atoms with E-state index in [4.69, 9.17) is 4.74 Å². The first-order valence-electron chi connectivity index (χ1n) is 8.37. The first-order valence-corrected chi connectivity index (χ1v) is 8.37. The summed E-state index contributed by atoms with van der Waals surface area (Å²) in [6.07, 6.45) is 4.25. The number of nitrogens with one attached hydrogen (secondary N) is 1. The molecule has 1 aromatic rings. The molecule has 0 aromatic heterocycles. The van der Waals surface area contributed by atoms with Gasteiger partial charge in [0.1, 0.15) is 6.04 Å². The molecule has 1 heterocycles. The summed E-state index contributed by atoms with van der Waals surface area (Å²) in [5.74, 6) is -0.615. The van der Waals surface area contributed by atoms with E-state index in [9.17, 15) is 9.59 Å². The van der Waals surface area contributed by atoms with Gasteiger partial charge < -0.3 is 15.0 Å². The average Bonchev–Trinajstić information content (AvgIpc) is 2.55. The van der Waals surface area contributed by atoms with Gasteiger partial charge in [-0.1, -0.05) is 12.1 Å². The summed E-state index contributed by atoms with van der Waals surface area (Å²) >= 11 is 0. The van der Waals surface area contributed by atoms with Gasteiger partial charge in [-0.15, -0.1) is 0 Å². The maximum Gasteiger partial charge on any atom is 0.328 e. The molecule has 126 valence electrons. The predicted octanol–water partition coefficient (Wildman–Crippen LogP) is 2.29. The third kappa shape index (κ3) is 5.27. The second-order valence-corrected chi connectivity index (χ2v) is 5.92. The number of piperidine rings is 1. The van der Waals surface area contributed by atoms with E-state index in [0.29, 0.717) is 13.0 Å². The van der Waals surface area contributed by atoms with Gasteiger partial charge in [-0.3, -0.25) is 4.79 Å². The molecule has 1 N–H and O–H groups in total. The highest BCUT2D eigenvalue weighted by atomic mass is 16.5.